The number of hydrogen-bond acceptors (Lipinski definition) is 6. The van der Waals surface area contributed by atoms with Crippen LogP contribution in [-0.2, 0) is 4.79 Å². The van der Waals surface area contributed by atoms with Crippen LogP contribution in [0.15, 0.2) is 47.6 Å². The summed E-state index contributed by atoms with van der Waals surface area (Å²) in [5.41, 5.74) is 4.22. The Morgan fingerprint density at radius 3 is 2.92 bits per heavy atom. The molecule has 0 radical (unpaired) electrons. The van der Waals surface area contributed by atoms with E-state index in [4.69, 9.17) is 19.5 Å². The third-order valence-electron chi connectivity index (χ3n) is 3.50. The Morgan fingerprint density at radius 2 is 2.08 bits per heavy atom. The molecule has 1 amide bonds. The molecule has 0 saturated carbocycles. The van der Waals surface area contributed by atoms with Gasteiger partial charge in [0.2, 0.25) is 6.79 Å². The van der Waals surface area contributed by atoms with Gasteiger partial charge < -0.3 is 14.2 Å². The van der Waals surface area contributed by atoms with E-state index >= 15 is 0 Å². The van der Waals surface area contributed by atoms with Gasteiger partial charge in [-0.15, -0.1) is 0 Å². The second kappa shape index (κ2) is 7.36. The number of para-hydroxylation sites is 1. The van der Waals surface area contributed by atoms with Crippen LogP contribution >= 0.6 is 0 Å². The standard InChI is InChI=1S/C18H15N3O4/c1-12(13-6-7-16-17(8-13)25-11-24-16)20-21-18(22)10-23-15-5-3-2-4-14(15)9-19/h2-8H,10-11H2,1H3,(H,21,22)/b20-12+. The first-order valence-corrected chi connectivity index (χ1v) is 7.52. The highest BCUT2D eigenvalue weighted by Crippen LogP contribution is 2.32. The summed E-state index contributed by atoms with van der Waals surface area (Å²) >= 11 is 0. The molecular formula is C18H15N3O4. The van der Waals surface area contributed by atoms with Crippen molar-refractivity contribution in [3.8, 4) is 23.3 Å². The highest BCUT2D eigenvalue weighted by molar-refractivity contribution is 5.99. The molecule has 0 saturated heterocycles. The van der Waals surface area contributed by atoms with Gasteiger partial charge in [-0.05, 0) is 37.3 Å². The summed E-state index contributed by atoms with van der Waals surface area (Å²) in [5.74, 6) is 1.27. The minimum Gasteiger partial charge on any atom is -0.482 e. The number of amides is 1. The van der Waals surface area contributed by atoms with E-state index in [1.807, 2.05) is 12.1 Å². The van der Waals surface area contributed by atoms with Gasteiger partial charge in [0.05, 0.1) is 11.3 Å². The lowest BCUT2D eigenvalue weighted by atomic mass is 10.1. The lowest BCUT2D eigenvalue weighted by molar-refractivity contribution is -0.123. The monoisotopic (exact) mass is 337 g/mol. The second-order valence-corrected chi connectivity index (χ2v) is 5.20. The zero-order valence-electron chi connectivity index (χ0n) is 13.5. The number of nitrogens with zero attached hydrogens (tertiary/aromatic N) is 2. The fraction of sp³-hybridized carbons (Fsp3) is 0.167. The molecule has 1 heterocycles. The Hall–Kier alpha value is -3.53. The number of carbonyl (C=O) groups is 1. The Balaban J connectivity index is 1.58. The predicted octanol–water partition coefficient (Wildman–Crippen LogP) is 2.21. The summed E-state index contributed by atoms with van der Waals surface area (Å²) in [4.78, 5) is 11.9. The van der Waals surface area contributed by atoms with Crippen LogP contribution in [0.3, 0.4) is 0 Å². The lowest BCUT2D eigenvalue weighted by Gasteiger charge is -2.07. The molecule has 7 nitrogen and oxygen atoms in total. The van der Waals surface area contributed by atoms with Crippen molar-refractivity contribution in [1.82, 2.24) is 5.43 Å². The van der Waals surface area contributed by atoms with Crippen molar-refractivity contribution in [3.05, 3.63) is 53.6 Å². The van der Waals surface area contributed by atoms with Crippen LogP contribution in [0.1, 0.15) is 18.1 Å². The number of nitrogens with one attached hydrogen (secondary N) is 1. The van der Waals surface area contributed by atoms with Crippen molar-refractivity contribution in [3.63, 3.8) is 0 Å². The average molecular weight is 337 g/mol. The van der Waals surface area contributed by atoms with Gasteiger partial charge in [0.25, 0.3) is 5.91 Å². The summed E-state index contributed by atoms with van der Waals surface area (Å²) in [5, 5.41) is 13.0. The van der Waals surface area contributed by atoms with Crippen molar-refractivity contribution in [2.75, 3.05) is 13.4 Å². The van der Waals surface area contributed by atoms with Crippen LogP contribution in [0, 0.1) is 11.3 Å². The molecule has 0 fully saturated rings. The number of rotatable bonds is 5. The highest BCUT2D eigenvalue weighted by atomic mass is 16.7. The molecule has 7 heteroatoms. The van der Waals surface area contributed by atoms with E-state index in [1.165, 1.54) is 0 Å². The summed E-state index contributed by atoms with van der Waals surface area (Å²) in [6.45, 7) is 1.73. The fourth-order valence-electron chi connectivity index (χ4n) is 2.19. The molecule has 3 rings (SSSR count). The molecule has 0 atom stereocenters. The molecule has 1 N–H and O–H groups in total. The van der Waals surface area contributed by atoms with Crippen molar-refractivity contribution < 1.29 is 19.0 Å². The van der Waals surface area contributed by atoms with Gasteiger partial charge in [0, 0.05) is 5.56 Å². The zero-order chi connectivity index (χ0) is 17.6. The van der Waals surface area contributed by atoms with E-state index in [-0.39, 0.29) is 13.4 Å². The molecule has 2 aromatic rings. The zero-order valence-corrected chi connectivity index (χ0v) is 13.5. The van der Waals surface area contributed by atoms with Gasteiger partial charge >= 0.3 is 0 Å². The number of fused-ring (bicyclic) bond motifs is 1. The second-order valence-electron chi connectivity index (χ2n) is 5.20. The van der Waals surface area contributed by atoms with Gasteiger partial charge in [0.15, 0.2) is 18.1 Å². The number of benzene rings is 2. The quantitative estimate of drug-likeness (QED) is 0.667. The van der Waals surface area contributed by atoms with E-state index in [2.05, 4.69) is 10.5 Å². The molecule has 0 spiro atoms. The maximum Gasteiger partial charge on any atom is 0.277 e. The molecule has 0 unspecified atom stereocenters. The van der Waals surface area contributed by atoms with E-state index in [0.29, 0.717) is 28.5 Å². The van der Waals surface area contributed by atoms with Crippen LogP contribution < -0.4 is 19.6 Å². The lowest BCUT2D eigenvalue weighted by Crippen LogP contribution is -2.25. The number of hydrogen-bond donors (Lipinski definition) is 1. The van der Waals surface area contributed by atoms with Crippen molar-refractivity contribution in [2.24, 2.45) is 5.10 Å². The van der Waals surface area contributed by atoms with Crippen molar-refractivity contribution in [1.29, 1.82) is 5.26 Å². The van der Waals surface area contributed by atoms with Crippen LogP contribution in [-0.4, -0.2) is 25.0 Å². The summed E-state index contributed by atoms with van der Waals surface area (Å²) in [6.07, 6.45) is 0. The van der Waals surface area contributed by atoms with Gasteiger partial charge in [-0.1, -0.05) is 12.1 Å². The highest BCUT2D eigenvalue weighted by Gasteiger charge is 2.14. The normalized spacial score (nSPS) is 12.4. The molecular weight excluding hydrogens is 322 g/mol. The van der Waals surface area contributed by atoms with Gasteiger partial charge in [-0.3, -0.25) is 4.79 Å². The molecule has 1 aliphatic heterocycles. The number of hydrazone groups is 1. The van der Waals surface area contributed by atoms with Crippen LogP contribution in [0.2, 0.25) is 0 Å². The van der Waals surface area contributed by atoms with Gasteiger partial charge in [-0.25, -0.2) is 5.43 Å². The number of nitriles is 1. The molecule has 126 valence electrons. The first kappa shape index (κ1) is 16.3. The maximum absolute atomic E-state index is 11.9. The fourth-order valence-corrected chi connectivity index (χ4v) is 2.19. The van der Waals surface area contributed by atoms with Crippen LogP contribution in [0.4, 0.5) is 0 Å². The number of ether oxygens (including phenoxy) is 3. The van der Waals surface area contributed by atoms with E-state index < -0.39 is 5.91 Å². The van der Waals surface area contributed by atoms with Gasteiger partial charge in [-0.2, -0.15) is 10.4 Å². The summed E-state index contributed by atoms with van der Waals surface area (Å²) < 4.78 is 15.9. The minimum atomic E-state index is -0.423. The molecule has 0 bridgehead atoms. The van der Waals surface area contributed by atoms with Crippen molar-refractivity contribution >= 4 is 11.6 Å². The Bertz CT molecular complexity index is 871. The van der Waals surface area contributed by atoms with Gasteiger partial charge in [0.1, 0.15) is 11.8 Å². The van der Waals surface area contributed by atoms with E-state index in [0.717, 1.165) is 5.56 Å². The Morgan fingerprint density at radius 1 is 1.28 bits per heavy atom. The molecule has 1 aliphatic rings. The van der Waals surface area contributed by atoms with Crippen LogP contribution in [0.25, 0.3) is 0 Å². The predicted molar refractivity (Wildman–Crippen MR) is 89.6 cm³/mol. The first-order valence-electron chi connectivity index (χ1n) is 7.52. The molecule has 2 aromatic carbocycles. The third kappa shape index (κ3) is 3.87. The van der Waals surface area contributed by atoms with Crippen LogP contribution in [0.5, 0.6) is 17.2 Å². The SMILES string of the molecule is C/C(=N\NC(=O)COc1ccccc1C#N)c1ccc2c(c1)OCO2. The molecule has 25 heavy (non-hydrogen) atoms. The third-order valence-corrected chi connectivity index (χ3v) is 3.50. The first-order chi connectivity index (χ1) is 12.2. The summed E-state index contributed by atoms with van der Waals surface area (Å²) in [7, 11) is 0. The smallest absolute Gasteiger partial charge is 0.277 e. The van der Waals surface area contributed by atoms with E-state index in [9.17, 15) is 4.79 Å². The Kier molecular flexibility index (Phi) is 4.81. The average Bonchev–Trinajstić information content (AvgIpc) is 3.12. The van der Waals surface area contributed by atoms with Crippen molar-refractivity contribution in [2.45, 2.75) is 6.92 Å². The maximum atomic E-state index is 11.9. The largest absolute Gasteiger partial charge is 0.482 e. The van der Waals surface area contributed by atoms with E-state index in [1.54, 1.807) is 43.3 Å². The topological polar surface area (TPSA) is 92.9 Å². The summed E-state index contributed by atoms with van der Waals surface area (Å²) in [6, 6.07) is 14.1. The minimum absolute atomic E-state index is 0.202. The Labute approximate surface area is 144 Å². The molecule has 0 aromatic heterocycles. The molecule has 0 aliphatic carbocycles. The number of carbonyl (C=O) groups excluding carboxylic acids is 1.